The molecule has 17 heavy (non-hydrogen) atoms. The van der Waals surface area contributed by atoms with Crippen LogP contribution < -0.4 is 0 Å². The maximum atomic E-state index is 13.0. The van der Waals surface area contributed by atoms with Crippen LogP contribution in [0.3, 0.4) is 0 Å². The molecule has 0 aliphatic carbocycles. The number of halogens is 2. The molecule has 0 radical (unpaired) electrons. The van der Waals surface area contributed by atoms with Crippen molar-refractivity contribution in [3.8, 4) is 17.4 Å². The van der Waals surface area contributed by atoms with E-state index in [0.717, 1.165) is 0 Å². The third-order valence-corrected chi connectivity index (χ3v) is 3.40. The van der Waals surface area contributed by atoms with E-state index in [0.29, 0.717) is 21.2 Å². The first kappa shape index (κ1) is 12.2. The van der Waals surface area contributed by atoms with Crippen molar-refractivity contribution in [2.45, 2.75) is 11.4 Å². The number of nitrogens with zero attached hydrogens (tertiary/aromatic N) is 1. The summed E-state index contributed by atoms with van der Waals surface area (Å²) in [4.78, 5) is 0. The third-order valence-electron chi connectivity index (χ3n) is 2.58. The van der Waals surface area contributed by atoms with Crippen LogP contribution in [0.4, 0.5) is 4.39 Å². The Kier molecular flexibility index (Phi) is 3.28. The second-order valence-corrected chi connectivity index (χ2v) is 4.51. The molecule has 0 bridgehead atoms. The number of rotatable bonds is 2. The monoisotopic (exact) mass is 347 g/mol. The number of benzene rings is 1. The fraction of sp³-hybridized carbons (Fsp3) is 0.167. The van der Waals surface area contributed by atoms with Crippen molar-refractivity contribution in [3.63, 3.8) is 0 Å². The molecule has 0 spiro atoms. The Hall–Kier alpha value is -1.24. The highest BCUT2D eigenvalue weighted by Crippen LogP contribution is 2.34. The van der Waals surface area contributed by atoms with E-state index in [1.807, 2.05) is 0 Å². The van der Waals surface area contributed by atoms with Crippen molar-refractivity contribution in [2.75, 3.05) is 0 Å². The molecule has 0 atom stereocenters. The summed E-state index contributed by atoms with van der Waals surface area (Å²) in [6.45, 7) is 1.72. The first-order chi connectivity index (χ1) is 8.04. The molecule has 0 fully saturated rings. The Morgan fingerprint density at radius 3 is 2.53 bits per heavy atom. The van der Waals surface area contributed by atoms with Crippen molar-refractivity contribution in [2.24, 2.45) is 0 Å². The van der Waals surface area contributed by atoms with Crippen LogP contribution in [0, 0.1) is 12.7 Å². The molecule has 1 heterocycles. The molecule has 0 unspecified atom stereocenters. The summed E-state index contributed by atoms with van der Waals surface area (Å²) >= 11 is 2.10. The standard InChI is InChI=1S/C12H11FINO2/c1-7-4-9(13)2-3-10(7)15-11(16)5-8(6-14)12(15)17/h2-5,16-17H,6H2,1H3. The Morgan fingerprint density at radius 2 is 2.00 bits per heavy atom. The van der Waals surface area contributed by atoms with Gasteiger partial charge in [-0.05, 0) is 30.7 Å². The van der Waals surface area contributed by atoms with E-state index < -0.39 is 0 Å². The molecule has 0 aliphatic heterocycles. The van der Waals surface area contributed by atoms with Crippen molar-refractivity contribution in [1.29, 1.82) is 0 Å². The molecule has 0 aliphatic rings. The molecule has 2 rings (SSSR count). The average molecular weight is 347 g/mol. The highest BCUT2D eigenvalue weighted by atomic mass is 127. The molecule has 1 aromatic heterocycles. The van der Waals surface area contributed by atoms with Crippen LogP contribution in [-0.2, 0) is 4.43 Å². The fourth-order valence-corrected chi connectivity index (χ4v) is 2.30. The fourth-order valence-electron chi connectivity index (χ4n) is 1.74. The van der Waals surface area contributed by atoms with Gasteiger partial charge in [0.2, 0.25) is 5.88 Å². The number of alkyl halides is 1. The number of aromatic hydroxyl groups is 2. The summed E-state index contributed by atoms with van der Waals surface area (Å²) in [5.74, 6) is -0.401. The summed E-state index contributed by atoms with van der Waals surface area (Å²) in [6, 6.07) is 5.69. The van der Waals surface area contributed by atoms with Crippen LogP contribution in [0.25, 0.3) is 5.69 Å². The summed E-state index contributed by atoms with van der Waals surface area (Å²) in [7, 11) is 0. The van der Waals surface area contributed by atoms with Crippen LogP contribution in [0.2, 0.25) is 0 Å². The Labute approximate surface area is 112 Å². The maximum absolute atomic E-state index is 13.0. The molecule has 90 valence electrons. The predicted octanol–water partition coefficient (Wildman–Crippen LogP) is 3.27. The lowest BCUT2D eigenvalue weighted by Gasteiger charge is -2.10. The van der Waals surface area contributed by atoms with E-state index >= 15 is 0 Å². The highest BCUT2D eigenvalue weighted by molar-refractivity contribution is 14.1. The van der Waals surface area contributed by atoms with Gasteiger partial charge in [0.05, 0.1) is 5.69 Å². The third kappa shape index (κ3) is 2.11. The van der Waals surface area contributed by atoms with Crippen molar-refractivity contribution in [3.05, 3.63) is 41.2 Å². The maximum Gasteiger partial charge on any atom is 0.202 e. The minimum atomic E-state index is -0.341. The van der Waals surface area contributed by atoms with E-state index in [4.69, 9.17) is 0 Å². The lowest BCUT2D eigenvalue weighted by Crippen LogP contribution is -1.96. The second-order valence-electron chi connectivity index (χ2n) is 3.75. The van der Waals surface area contributed by atoms with E-state index in [2.05, 4.69) is 22.6 Å². The van der Waals surface area contributed by atoms with Gasteiger partial charge in [-0.15, -0.1) is 0 Å². The number of hydrogen-bond donors (Lipinski definition) is 2. The largest absolute Gasteiger partial charge is 0.494 e. The summed E-state index contributed by atoms with van der Waals surface area (Å²) in [6.07, 6.45) is 0. The lowest BCUT2D eigenvalue weighted by molar-refractivity contribution is 0.401. The van der Waals surface area contributed by atoms with Gasteiger partial charge in [-0.3, -0.25) is 4.57 Å². The van der Waals surface area contributed by atoms with Gasteiger partial charge in [0.15, 0.2) is 5.88 Å². The van der Waals surface area contributed by atoms with Gasteiger partial charge in [-0.2, -0.15) is 0 Å². The molecule has 1 aromatic carbocycles. The zero-order chi connectivity index (χ0) is 12.6. The van der Waals surface area contributed by atoms with Crippen LogP contribution in [-0.4, -0.2) is 14.8 Å². The molecule has 0 saturated carbocycles. The topological polar surface area (TPSA) is 45.4 Å². The van der Waals surface area contributed by atoms with Gasteiger partial charge < -0.3 is 10.2 Å². The Bertz CT molecular complexity index is 566. The van der Waals surface area contributed by atoms with Crippen LogP contribution >= 0.6 is 22.6 Å². The molecule has 0 saturated heterocycles. The zero-order valence-electron chi connectivity index (χ0n) is 9.11. The quantitative estimate of drug-likeness (QED) is 0.647. The minimum absolute atomic E-state index is 0.00777. The molecular weight excluding hydrogens is 336 g/mol. The van der Waals surface area contributed by atoms with Crippen LogP contribution in [0.15, 0.2) is 24.3 Å². The van der Waals surface area contributed by atoms with E-state index in [9.17, 15) is 14.6 Å². The van der Waals surface area contributed by atoms with Gasteiger partial charge in [-0.25, -0.2) is 4.39 Å². The van der Waals surface area contributed by atoms with E-state index in [1.54, 1.807) is 6.92 Å². The van der Waals surface area contributed by atoms with Crippen LogP contribution in [0.5, 0.6) is 11.8 Å². The summed E-state index contributed by atoms with van der Waals surface area (Å²) in [5, 5.41) is 19.8. The zero-order valence-corrected chi connectivity index (χ0v) is 11.3. The first-order valence-corrected chi connectivity index (χ1v) is 6.52. The van der Waals surface area contributed by atoms with Crippen molar-refractivity contribution < 1.29 is 14.6 Å². The highest BCUT2D eigenvalue weighted by Gasteiger charge is 2.15. The summed E-state index contributed by atoms with van der Waals surface area (Å²) in [5.41, 5.74) is 1.86. The van der Waals surface area contributed by atoms with Gasteiger partial charge in [-0.1, -0.05) is 22.6 Å². The SMILES string of the molecule is Cc1cc(F)ccc1-n1c(O)cc(CI)c1O. The molecule has 2 N–H and O–H groups in total. The van der Waals surface area contributed by atoms with E-state index in [-0.39, 0.29) is 17.6 Å². The van der Waals surface area contributed by atoms with Gasteiger partial charge >= 0.3 is 0 Å². The Balaban J connectivity index is 2.64. The smallest absolute Gasteiger partial charge is 0.202 e. The summed E-state index contributed by atoms with van der Waals surface area (Å²) < 4.78 is 14.9. The number of aryl methyl sites for hydroxylation is 1. The lowest BCUT2D eigenvalue weighted by atomic mass is 10.2. The molecule has 5 heteroatoms. The molecule has 3 nitrogen and oxygen atoms in total. The van der Waals surface area contributed by atoms with E-state index in [1.165, 1.54) is 28.8 Å². The molecule has 0 amide bonds. The first-order valence-electron chi connectivity index (χ1n) is 4.99. The molecule has 2 aromatic rings. The van der Waals surface area contributed by atoms with Crippen molar-refractivity contribution in [1.82, 2.24) is 4.57 Å². The molecular formula is C12H11FINO2. The minimum Gasteiger partial charge on any atom is -0.494 e. The number of hydrogen-bond acceptors (Lipinski definition) is 2. The normalized spacial score (nSPS) is 10.8. The second kappa shape index (κ2) is 4.56. The van der Waals surface area contributed by atoms with Crippen LogP contribution in [0.1, 0.15) is 11.1 Å². The van der Waals surface area contributed by atoms with Gasteiger partial charge in [0.25, 0.3) is 0 Å². The number of aromatic nitrogens is 1. The average Bonchev–Trinajstić information content (AvgIpc) is 2.55. The predicted molar refractivity (Wildman–Crippen MR) is 71.5 cm³/mol. The van der Waals surface area contributed by atoms with Crippen molar-refractivity contribution >= 4 is 22.6 Å². The van der Waals surface area contributed by atoms with Gasteiger partial charge in [0.1, 0.15) is 5.82 Å². The van der Waals surface area contributed by atoms with Gasteiger partial charge in [0, 0.05) is 16.1 Å². The Morgan fingerprint density at radius 1 is 1.29 bits per heavy atom.